The normalized spacial score (nSPS) is 10.5. The van der Waals surface area contributed by atoms with Gasteiger partial charge in [-0.3, -0.25) is 4.79 Å². The molecule has 0 heterocycles. The van der Waals surface area contributed by atoms with Crippen molar-refractivity contribution in [3.63, 3.8) is 0 Å². The van der Waals surface area contributed by atoms with Crippen molar-refractivity contribution in [3.8, 4) is 11.8 Å². The van der Waals surface area contributed by atoms with E-state index in [1.165, 1.54) is 0 Å². The monoisotopic (exact) mass is 484 g/mol. The molecule has 0 saturated heterocycles. The maximum absolute atomic E-state index is 12.6. The fourth-order valence-corrected chi connectivity index (χ4v) is 3.57. The van der Waals surface area contributed by atoms with Crippen LogP contribution in [0.3, 0.4) is 0 Å². The van der Waals surface area contributed by atoms with Crippen molar-refractivity contribution in [1.82, 2.24) is 0 Å². The number of carbonyl (C=O) groups excluding carboxylic acids is 1. The molecule has 0 aliphatic heterocycles. The number of hydrogen-bond acceptors (Lipinski definition) is 3. The maximum atomic E-state index is 12.6. The Balaban J connectivity index is 0.00000129. The van der Waals surface area contributed by atoms with Gasteiger partial charge in [-0.15, -0.1) is 0 Å². The SMILES string of the molecule is CC.CC.Cc1cc(C)c(O)c(C(=O)Nc2ccc(C(C#N)c3ccc(Cl)cc3)c(Cl)c2)c1. The highest BCUT2D eigenvalue weighted by Crippen LogP contribution is 2.33. The topological polar surface area (TPSA) is 73.1 Å². The second-order valence-corrected chi connectivity index (χ2v) is 7.63. The number of nitrogens with zero attached hydrogens (tertiary/aromatic N) is 1. The van der Waals surface area contributed by atoms with Crippen LogP contribution in [0.1, 0.15) is 66.2 Å². The molecule has 1 unspecified atom stereocenters. The molecule has 2 N–H and O–H groups in total. The fraction of sp³-hybridized carbons (Fsp3) is 0.259. The zero-order valence-corrected chi connectivity index (χ0v) is 21.3. The van der Waals surface area contributed by atoms with E-state index in [9.17, 15) is 15.2 Å². The maximum Gasteiger partial charge on any atom is 0.259 e. The van der Waals surface area contributed by atoms with Gasteiger partial charge in [0.1, 0.15) is 5.75 Å². The van der Waals surface area contributed by atoms with Crippen molar-refractivity contribution in [3.05, 3.63) is 92.5 Å². The van der Waals surface area contributed by atoms with Gasteiger partial charge >= 0.3 is 0 Å². The molecule has 4 nitrogen and oxygen atoms in total. The highest BCUT2D eigenvalue weighted by atomic mass is 35.5. The van der Waals surface area contributed by atoms with Crippen LogP contribution in [-0.4, -0.2) is 11.0 Å². The second-order valence-electron chi connectivity index (χ2n) is 6.78. The average Bonchev–Trinajstić information content (AvgIpc) is 2.81. The first kappa shape index (κ1) is 28.0. The van der Waals surface area contributed by atoms with Gasteiger partial charge in [0.2, 0.25) is 0 Å². The number of rotatable bonds is 4. The predicted molar refractivity (Wildman–Crippen MR) is 139 cm³/mol. The summed E-state index contributed by atoms with van der Waals surface area (Å²) in [6.07, 6.45) is 0. The Morgan fingerprint density at radius 1 is 0.970 bits per heavy atom. The fourth-order valence-electron chi connectivity index (χ4n) is 3.15. The minimum absolute atomic E-state index is 0.0527. The van der Waals surface area contributed by atoms with Gasteiger partial charge in [0, 0.05) is 15.7 Å². The molecule has 174 valence electrons. The number of amides is 1. The van der Waals surface area contributed by atoms with Crippen molar-refractivity contribution >= 4 is 34.8 Å². The number of phenolic OH excluding ortho intramolecular Hbond substituents is 1. The number of anilines is 1. The second kappa shape index (κ2) is 13.5. The number of aryl methyl sites for hydroxylation is 2. The van der Waals surface area contributed by atoms with E-state index >= 15 is 0 Å². The third-order valence-corrected chi connectivity index (χ3v) is 5.17. The smallest absolute Gasteiger partial charge is 0.259 e. The van der Waals surface area contributed by atoms with Crippen LogP contribution in [0.5, 0.6) is 5.75 Å². The Kier molecular flexibility index (Phi) is 11.5. The third-order valence-electron chi connectivity index (χ3n) is 4.59. The van der Waals surface area contributed by atoms with Crippen LogP contribution < -0.4 is 5.32 Å². The van der Waals surface area contributed by atoms with Gasteiger partial charge in [-0.05, 0) is 66.4 Å². The van der Waals surface area contributed by atoms with Crippen LogP contribution in [0, 0.1) is 25.2 Å². The third kappa shape index (κ3) is 7.25. The minimum Gasteiger partial charge on any atom is -0.507 e. The van der Waals surface area contributed by atoms with Crippen LogP contribution in [0.4, 0.5) is 5.69 Å². The Morgan fingerprint density at radius 3 is 2.12 bits per heavy atom. The molecule has 0 radical (unpaired) electrons. The molecule has 0 aromatic heterocycles. The van der Waals surface area contributed by atoms with Crippen LogP contribution in [-0.2, 0) is 0 Å². The van der Waals surface area contributed by atoms with E-state index < -0.39 is 11.8 Å². The standard InChI is InChI=1S/C23H18Cl2N2O2.2C2H6/c1-13-9-14(2)22(28)19(10-13)23(29)27-17-7-8-18(21(25)11-17)20(12-26)15-3-5-16(24)6-4-15;2*1-2/h3-11,20,28H,1-2H3,(H,27,29);2*1-2H3. The van der Waals surface area contributed by atoms with E-state index in [1.54, 1.807) is 61.5 Å². The lowest BCUT2D eigenvalue weighted by Crippen LogP contribution is -2.13. The van der Waals surface area contributed by atoms with Crippen molar-refractivity contribution in [2.45, 2.75) is 47.5 Å². The number of nitrogens with one attached hydrogen (secondary N) is 1. The van der Waals surface area contributed by atoms with Gasteiger partial charge in [0.15, 0.2) is 0 Å². The summed E-state index contributed by atoms with van der Waals surface area (Å²) in [7, 11) is 0. The van der Waals surface area contributed by atoms with Crippen molar-refractivity contribution in [2.75, 3.05) is 5.32 Å². The van der Waals surface area contributed by atoms with Crippen molar-refractivity contribution in [2.24, 2.45) is 0 Å². The van der Waals surface area contributed by atoms with Gasteiger partial charge in [-0.1, -0.05) is 75.2 Å². The summed E-state index contributed by atoms with van der Waals surface area (Å²) in [5.41, 5.74) is 3.57. The molecule has 0 spiro atoms. The molecular formula is C27H30Cl2N2O2. The molecule has 3 aromatic rings. The molecule has 6 heteroatoms. The Hall–Kier alpha value is -3.00. The summed E-state index contributed by atoms with van der Waals surface area (Å²) >= 11 is 12.3. The van der Waals surface area contributed by atoms with Crippen LogP contribution >= 0.6 is 23.2 Å². The van der Waals surface area contributed by atoms with Gasteiger partial charge in [-0.25, -0.2) is 0 Å². The molecule has 0 aliphatic carbocycles. The summed E-state index contributed by atoms with van der Waals surface area (Å²) in [6.45, 7) is 11.6. The van der Waals surface area contributed by atoms with Crippen molar-refractivity contribution < 1.29 is 9.90 Å². The summed E-state index contributed by atoms with van der Waals surface area (Å²) < 4.78 is 0. The van der Waals surface area contributed by atoms with Gasteiger partial charge in [0.25, 0.3) is 5.91 Å². The first-order chi connectivity index (χ1) is 15.8. The largest absolute Gasteiger partial charge is 0.507 e. The van der Waals surface area contributed by atoms with E-state index in [0.29, 0.717) is 26.9 Å². The quantitative estimate of drug-likeness (QED) is 0.391. The Bertz CT molecular complexity index is 1120. The molecule has 33 heavy (non-hydrogen) atoms. The van der Waals surface area contributed by atoms with E-state index in [-0.39, 0.29) is 11.3 Å². The molecule has 0 saturated carbocycles. The zero-order valence-electron chi connectivity index (χ0n) is 19.8. The summed E-state index contributed by atoms with van der Waals surface area (Å²) in [5, 5.41) is 23.5. The van der Waals surface area contributed by atoms with Gasteiger partial charge in [-0.2, -0.15) is 5.26 Å². The van der Waals surface area contributed by atoms with Crippen LogP contribution in [0.15, 0.2) is 54.6 Å². The van der Waals surface area contributed by atoms with Crippen LogP contribution in [0.2, 0.25) is 10.0 Å². The molecule has 0 fully saturated rings. The first-order valence-corrected chi connectivity index (χ1v) is 11.6. The molecule has 1 atom stereocenters. The van der Waals surface area contributed by atoms with Crippen LogP contribution in [0.25, 0.3) is 0 Å². The number of nitriles is 1. The molecule has 0 bridgehead atoms. The summed E-state index contributed by atoms with van der Waals surface area (Å²) in [5.74, 6) is -1.05. The zero-order chi connectivity index (χ0) is 25.1. The Morgan fingerprint density at radius 2 is 1.58 bits per heavy atom. The number of benzene rings is 3. The average molecular weight is 485 g/mol. The lowest BCUT2D eigenvalue weighted by molar-refractivity contribution is 0.102. The molecule has 1 amide bonds. The molecule has 3 rings (SSSR count). The number of carbonyl (C=O) groups is 1. The highest BCUT2D eigenvalue weighted by Gasteiger charge is 2.18. The van der Waals surface area contributed by atoms with Crippen molar-refractivity contribution in [1.29, 1.82) is 5.26 Å². The lowest BCUT2D eigenvalue weighted by Gasteiger charge is -2.14. The Labute approximate surface area is 206 Å². The summed E-state index contributed by atoms with van der Waals surface area (Å²) in [6, 6.07) is 17.7. The summed E-state index contributed by atoms with van der Waals surface area (Å²) in [4.78, 5) is 12.6. The van der Waals surface area contributed by atoms with Gasteiger partial charge in [0.05, 0.1) is 17.6 Å². The predicted octanol–water partition coefficient (Wildman–Crippen LogP) is 8.28. The molecular weight excluding hydrogens is 455 g/mol. The lowest BCUT2D eigenvalue weighted by atomic mass is 9.92. The van der Waals surface area contributed by atoms with E-state index in [4.69, 9.17) is 23.2 Å². The van der Waals surface area contributed by atoms with E-state index in [1.807, 2.05) is 34.6 Å². The number of aromatic hydroxyl groups is 1. The number of halogens is 2. The minimum atomic E-state index is -0.562. The van der Waals surface area contributed by atoms with Gasteiger partial charge < -0.3 is 10.4 Å². The number of hydrogen-bond donors (Lipinski definition) is 2. The van der Waals surface area contributed by atoms with E-state index in [0.717, 1.165) is 11.1 Å². The number of phenols is 1. The molecule has 0 aliphatic rings. The highest BCUT2D eigenvalue weighted by molar-refractivity contribution is 6.32. The first-order valence-electron chi connectivity index (χ1n) is 10.9. The van der Waals surface area contributed by atoms with E-state index in [2.05, 4.69) is 11.4 Å². The molecule has 3 aromatic carbocycles.